The molecule has 2 heterocycles. The van der Waals surface area contributed by atoms with Crippen LogP contribution in [-0.4, -0.2) is 9.97 Å². The Morgan fingerprint density at radius 2 is 1.00 bits per heavy atom. The van der Waals surface area contributed by atoms with E-state index in [2.05, 4.69) is 176 Å². The minimum Gasteiger partial charge on any atom is -0.252 e. The highest BCUT2D eigenvalue weighted by molar-refractivity contribution is 7.21. The molecule has 55 heavy (non-hydrogen) atoms. The van der Waals surface area contributed by atoms with Crippen LogP contribution in [0.4, 0.5) is 0 Å². The van der Waals surface area contributed by atoms with Gasteiger partial charge >= 0.3 is 0 Å². The molecule has 0 N–H and O–H groups in total. The second kappa shape index (κ2) is 13.0. The summed E-state index contributed by atoms with van der Waals surface area (Å²) >= 11 is 1.95. The van der Waals surface area contributed by atoms with E-state index < -0.39 is 0 Å². The predicted octanol–water partition coefficient (Wildman–Crippen LogP) is 14.2. The van der Waals surface area contributed by atoms with Gasteiger partial charge in [-0.25, -0.2) is 4.98 Å². The third-order valence-electron chi connectivity index (χ3n) is 11.2. The van der Waals surface area contributed by atoms with Crippen LogP contribution >= 0.6 is 11.3 Å². The van der Waals surface area contributed by atoms with Gasteiger partial charge in [-0.15, -0.1) is 11.3 Å². The SMILES string of the molecule is C1=C(c2ccccc2)c2sc3c(-c4ccc(-c5ccc(-c6cccc(-c7cnc8c9ccccc9c9ccccc9c8n7)c6)cc5)cc4)cccc3c2CC1. The van der Waals surface area contributed by atoms with E-state index in [-0.39, 0.29) is 0 Å². The first-order valence-electron chi connectivity index (χ1n) is 18.9. The van der Waals surface area contributed by atoms with E-state index in [9.17, 15) is 0 Å². The van der Waals surface area contributed by atoms with Gasteiger partial charge in [0.25, 0.3) is 0 Å². The third-order valence-corrected chi connectivity index (χ3v) is 12.5. The number of allylic oxidation sites excluding steroid dienone is 1. The number of benzene rings is 8. The summed E-state index contributed by atoms with van der Waals surface area (Å²) in [4.78, 5) is 11.6. The van der Waals surface area contributed by atoms with Crippen LogP contribution in [0.2, 0.25) is 0 Å². The number of hydrogen-bond donors (Lipinski definition) is 0. The van der Waals surface area contributed by atoms with Gasteiger partial charge in [0.2, 0.25) is 0 Å². The minimum absolute atomic E-state index is 0.873. The Morgan fingerprint density at radius 3 is 1.73 bits per heavy atom. The van der Waals surface area contributed by atoms with Crippen molar-refractivity contribution in [3.05, 3.63) is 198 Å². The number of rotatable bonds is 5. The molecule has 0 saturated carbocycles. The topological polar surface area (TPSA) is 25.8 Å². The van der Waals surface area contributed by atoms with Gasteiger partial charge in [-0.05, 0) is 85.1 Å². The van der Waals surface area contributed by atoms with Crippen molar-refractivity contribution in [1.29, 1.82) is 0 Å². The molecule has 1 aliphatic rings. The van der Waals surface area contributed by atoms with E-state index in [1.165, 1.54) is 70.3 Å². The number of aromatic nitrogens is 2. The molecule has 0 radical (unpaired) electrons. The Morgan fingerprint density at radius 1 is 0.436 bits per heavy atom. The normalized spacial score (nSPS) is 12.7. The molecule has 0 spiro atoms. The number of fused-ring (bicyclic) bond motifs is 9. The molecule has 11 rings (SSSR count). The van der Waals surface area contributed by atoms with Gasteiger partial charge in [-0.2, -0.15) is 0 Å². The summed E-state index contributed by atoms with van der Waals surface area (Å²) in [6, 6.07) is 61.3. The largest absolute Gasteiger partial charge is 0.252 e. The van der Waals surface area contributed by atoms with Gasteiger partial charge < -0.3 is 0 Å². The molecule has 0 aliphatic heterocycles. The van der Waals surface area contributed by atoms with Crippen LogP contribution in [-0.2, 0) is 6.42 Å². The fourth-order valence-corrected chi connectivity index (χ4v) is 9.95. The van der Waals surface area contributed by atoms with Gasteiger partial charge in [0.05, 0.1) is 22.9 Å². The summed E-state index contributed by atoms with van der Waals surface area (Å²) in [5, 5.41) is 6.07. The third kappa shape index (κ3) is 5.39. The summed E-state index contributed by atoms with van der Waals surface area (Å²) in [6.07, 6.45) is 6.52. The maximum atomic E-state index is 5.23. The lowest BCUT2D eigenvalue weighted by Crippen LogP contribution is -1.97. The number of aryl methyl sites for hydroxylation is 1. The van der Waals surface area contributed by atoms with Crippen LogP contribution in [0.5, 0.6) is 0 Å². The van der Waals surface area contributed by atoms with E-state index in [1.807, 2.05) is 17.5 Å². The van der Waals surface area contributed by atoms with Crippen LogP contribution in [0.3, 0.4) is 0 Å². The summed E-state index contributed by atoms with van der Waals surface area (Å²) < 4.78 is 1.38. The molecule has 0 bridgehead atoms. The Labute approximate surface area is 323 Å². The zero-order valence-electron chi connectivity index (χ0n) is 30.0. The quantitative estimate of drug-likeness (QED) is 0.166. The van der Waals surface area contributed by atoms with E-state index in [1.54, 1.807) is 0 Å². The smallest absolute Gasteiger partial charge is 0.0979 e. The second-order valence-corrected chi connectivity index (χ2v) is 15.4. The highest BCUT2D eigenvalue weighted by Gasteiger charge is 2.21. The molecule has 2 nitrogen and oxygen atoms in total. The lowest BCUT2D eigenvalue weighted by molar-refractivity contribution is 0.998. The molecular weight excluding hydrogens is 685 g/mol. The molecule has 8 aromatic carbocycles. The van der Waals surface area contributed by atoms with Crippen LogP contribution in [0.1, 0.15) is 22.4 Å². The summed E-state index contributed by atoms with van der Waals surface area (Å²) in [6.45, 7) is 0. The number of thiophene rings is 1. The number of hydrogen-bond acceptors (Lipinski definition) is 3. The maximum Gasteiger partial charge on any atom is 0.0979 e. The molecule has 0 atom stereocenters. The molecule has 0 fully saturated rings. The number of nitrogens with zero attached hydrogens (tertiary/aromatic N) is 2. The van der Waals surface area contributed by atoms with E-state index in [0.717, 1.165) is 51.5 Å². The van der Waals surface area contributed by atoms with Crippen LogP contribution in [0, 0.1) is 0 Å². The average Bonchev–Trinajstić information content (AvgIpc) is 3.66. The van der Waals surface area contributed by atoms with Crippen molar-refractivity contribution in [2.45, 2.75) is 12.8 Å². The van der Waals surface area contributed by atoms with Crippen LogP contribution < -0.4 is 0 Å². The predicted molar refractivity (Wildman–Crippen MR) is 234 cm³/mol. The molecule has 0 saturated heterocycles. The van der Waals surface area contributed by atoms with Crippen LogP contribution in [0.25, 0.3) is 92.9 Å². The molecular formula is C52H34N2S. The Balaban J connectivity index is 0.885. The minimum atomic E-state index is 0.873. The summed E-state index contributed by atoms with van der Waals surface area (Å²) in [5.74, 6) is 0. The second-order valence-electron chi connectivity index (χ2n) is 14.4. The Hall–Kier alpha value is -6.68. The van der Waals surface area contributed by atoms with E-state index in [4.69, 9.17) is 9.97 Å². The monoisotopic (exact) mass is 718 g/mol. The summed E-state index contributed by atoms with van der Waals surface area (Å²) in [5.41, 5.74) is 15.3. The van der Waals surface area contributed by atoms with Gasteiger partial charge in [-0.3, -0.25) is 4.98 Å². The molecule has 2 aromatic heterocycles. The van der Waals surface area contributed by atoms with Gasteiger partial charge in [0.1, 0.15) is 0 Å². The maximum absolute atomic E-state index is 5.23. The van der Waals surface area contributed by atoms with Crippen LogP contribution in [0.15, 0.2) is 182 Å². The fourth-order valence-electron chi connectivity index (χ4n) is 8.50. The van der Waals surface area contributed by atoms with E-state index in [0.29, 0.717) is 0 Å². The molecule has 3 heteroatoms. The lowest BCUT2D eigenvalue weighted by atomic mass is 9.91. The average molecular weight is 719 g/mol. The van der Waals surface area contributed by atoms with Crippen molar-refractivity contribution in [2.75, 3.05) is 0 Å². The van der Waals surface area contributed by atoms with Crippen molar-refractivity contribution >= 4 is 59.6 Å². The van der Waals surface area contributed by atoms with Gasteiger partial charge in [0, 0.05) is 25.9 Å². The van der Waals surface area contributed by atoms with Crippen molar-refractivity contribution in [1.82, 2.24) is 9.97 Å². The Kier molecular flexibility index (Phi) is 7.53. The van der Waals surface area contributed by atoms with Crippen molar-refractivity contribution in [2.24, 2.45) is 0 Å². The zero-order valence-corrected chi connectivity index (χ0v) is 30.9. The molecule has 1 aliphatic carbocycles. The van der Waals surface area contributed by atoms with Crippen molar-refractivity contribution in [3.8, 4) is 44.6 Å². The molecule has 10 aromatic rings. The molecule has 0 amide bonds. The first-order valence-corrected chi connectivity index (χ1v) is 19.8. The molecule has 0 unspecified atom stereocenters. The molecule has 258 valence electrons. The van der Waals surface area contributed by atoms with E-state index >= 15 is 0 Å². The highest BCUT2D eigenvalue weighted by Crippen LogP contribution is 2.45. The zero-order chi connectivity index (χ0) is 36.3. The van der Waals surface area contributed by atoms with Gasteiger partial charge in [-0.1, -0.05) is 170 Å². The standard InChI is InChI=1S/C52H34N2S/c1-2-11-36(12-3-1)40-19-9-21-46-47-22-10-20-41(52(47)55-51(40)46)37-29-27-34(28-30-37)33-23-25-35(26-24-33)38-13-8-14-39(31-38)48-32-53-49-44-17-6-4-15-42(44)43-16-5-7-18-45(43)50(49)54-48/h1-8,10-20,22-32H,9,21H2. The Bertz CT molecular complexity index is 3080. The van der Waals surface area contributed by atoms with Gasteiger partial charge in [0.15, 0.2) is 0 Å². The first-order chi connectivity index (χ1) is 27.3. The highest BCUT2D eigenvalue weighted by atomic mass is 32.1. The summed E-state index contributed by atoms with van der Waals surface area (Å²) in [7, 11) is 0. The van der Waals surface area contributed by atoms with Crippen molar-refractivity contribution in [3.63, 3.8) is 0 Å². The van der Waals surface area contributed by atoms with Crippen molar-refractivity contribution < 1.29 is 0 Å². The fraction of sp³-hybridized carbons (Fsp3) is 0.0385. The lowest BCUT2D eigenvalue weighted by Gasteiger charge is -2.14. The first kappa shape index (κ1) is 31.8.